The average molecular weight is 271 g/mol. The van der Waals surface area contributed by atoms with E-state index >= 15 is 0 Å². The van der Waals surface area contributed by atoms with E-state index < -0.39 is 17.9 Å². The van der Waals surface area contributed by atoms with Crippen LogP contribution in [0.2, 0.25) is 0 Å². The molecule has 0 saturated carbocycles. The average Bonchev–Trinajstić information content (AvgIpc) is 2.33. The second-order valence-electron chi connectivity index (χ2n) is 4.69. The summed E-state index contributed by atoms with van der Waals surface area (Å²) in [6.07, 6.45) is 5.82. The fourth-order valence-electron chi connectivity index (χ4n) is 1.73. The lowest BCUT2D eigenvalue weighted by atomic mass is 10.1. The summed E-state index contributed by atoms with van der Waals surface area (Å²) in [6, 6.07) is -0.810. The van der Waals surface area contributed by atoms with Gasteiger partial charge in [-0.15, -0.1) is 0 Å². The Bertz CT molecular complexity index is 306. The molecule has 0 aromatic heterocycles. The molecule has 0 spiro atoms. The Labute approximate surface area is 114 Å². The Morgan fingerprint density at radius 1 is 1.00 bits per heavy atom. The normalized spacial score (nSPS) is 11.8. The molecule has 6 heteroatoms. The van der Waals surface area contributed by atoms with Crippen molar-refractivity contribution in [2.45, 2.75) is 64.3 Å². The van der Waals surface area contributed by atoms with Gasteiger partial charge >= 0.3 is 0 Å². The van der Waals surface area contributed by atoms with Gasteiger partial charge in [0.05, 0.1) is 0 Å². The van der Waals surface area contributed by atoms with Crippen molar-refractivity contribution in [2.24, 2.45) is 11.5 Å². The first-order chi connectivity index (χ1) is 8.97. The van der Waals surface area contributed by atoms with Gasteiger partial charge in [0.25, 0.3) is 0 Å². The van der Waals surface area contributed by atoms with Crippen molar-refractivity contribution in [1.82, 2.24) is 5.32 Å². The SMILES string of the molecule is CCCCCCCC(=O)N[C@@H](CCC(N)=O)C(N)=O. The zero-order chi connectivity index (χ0) is 14.7. The largest absolute Gasteiger partial charge is 0.370 e. The summed E-state index contributed by atoms with van der Waals surface area (Å²) in [7, 11) is 0. The number of primary amides is 2. The molecule has 19 heavy (non-hydrogen) atoms. The van der Waals surface area contributed by atoms with Gasteiger partial charge < -0.3 is 16.8 Å². The maximum atomic E-state index is 11.6. The minimum Gasteiger partial charge on any atom is -0.370 e. The van der Waals surface area contributed by atoms with Crippen molar-refractivity contribution in [3.05, 3.63) is 0 Å². The Morgan fingerprint density at radius 2 is 1.63 bits per heavy atom. The second kappa shape index (κ2) is 10.3. The molecule has 0 aliphatic heterocycles. The molecule has 0 aromatic rings. The topological polar surface area (TPSA) is 115 Å². The van der Waals surface area contributed by atoms with E-state index in [-0.39, 0.29) is 18.7 Å². The van der Waals surface area contributed by atoms with E-state index in [9.17, 15) is 14.4 Å². The van der Waals surface area contributed by atoms with E-state index in [4.69, 9.17) is 11.5 Å². The minimum absolute atomic E-state index is 0.0321. The first kappa shape index (κ1) is 17.4. The molecule has 5 N–H and O–H groups in total. The molecule has 0 unspecified atom stereocenters. The summed E-state index contributed by atoms with van der Waals surface area (Å²) in [5.41, 5.74) is 10.2. The lowest BCUT2D eigenvalue weighted by molar-refractivity contribution is -0.128. The molecule has 0 saturated heterocycles. The van der Waals surface area contributed by atoms with Crippen molar-refractivity contribution in [3.63, 3.8) is 0 Å². The number of nitrogens with one attached hydrogen (secondary N) is 1. The third-order valence-corrected chi connectivity index (χ3v) is 2.87. The molecule has 3 amide bonds. The van der Waals surface area contributed by atoms with Gasteiger partial charge in [-0.25, -0.2) is 0 Å². The molecule has 0 rings (SSSR count). The summed E-state index contributed by atoms with van der Waals surface area (Å²) in [6.45, 7) is 2.13. The van der Waals surface area contributed by atoms with E-state index in [0.29, 0.717) is 6.42 Å². The molecule has 6 nitrogen and oxygen atoms in total. The molecule has 0 fully saturated rings. The van der Waals surface area contributed by atoms with Crippen molar-refractivity contribution >= 4 is 17.7 Å². The lowest BCUT2D eigenvalue weighted by Gasteiger charge is -2.14. The van der Waals surface area contributed by atoms with Crippen LogP contribution in [0.3, 0.4) is 0 Å². The van der Waals surface area contributed by atoms with Gasteiger partial charge in [0, 0.05) is 12.8 Å². The Balaban J connectivity index is 3.90. The number of hydrogen-bond acceptors (Lipinski definition) is 3. The summed E-state index contributed by atoms with van der Waals surface area (Å²) in [4.78, 5) is 33.4. The second-order valence-corrected chi connectivity index (χ2v) is 4.69. The smallest absolute Gasteiger partial charge is 0.240 e. The van der Waals surface area contributed by atoms with E-state index in [1.807, 2.05) is 0 Å². The molecule has 0 bridgehead atoms. The van der Waals surface area contributed by atoms with Crippen molar-refractivity contribution in [2.75, 3.05) is 0 Å². The van der Waals surface area contributed by atoms with Gasteiger partial charge in [0.2, 0.25) is 17.7 Å². The maximum Gasteiger partial charge on any atom is 0.240 e. The fourth-order valence-corrected chi connectivity index (χ4v) is 1.73. The van der Waals surface area contributed by atoms with Crippen LogP contribution in [0.15, 0.2) is 0 Å². The van der Waals surface area contributed by atoms with E-state index in [1.54, 1.807) is 0 Å². The van der Waals surface area contributed by atoms with Crippen LogP contribution in [-0.2, 0) is 14.4 Å². The van der Waals surface area contributed by atoms with Gasteiger partial charge in [0.15, 0.2) is 0 Å². The Morgan fingerprint density at radius 3 is 2.16 bits per heavy atom. The molecule has 0 aliphatic carbocycles. The predicted molar refractivity (Wildman–Crippen MR) is 72.9 cm³/mol. The molecular formula is C13H25N3O3. The molecule has 110 valence electrons. The zero-order valence-electron chi connectivity index (χ0n) is 11.6. The van der Waals surface area contributed by atoms with Crippen molar-refractivity contribution in [1.29, 1.82) is 0 Å². The quantitative estimate of drug-likeness (QED) is 0.477. The van der Waals surface area contributed by atoms with Crippen LogP contribution in [0, 0.1) is 0 Å². The number of carbonyl (C=O) groups is 3. The van der Waals surface area contributed by atoms with Crippen LogP contribution in [0.4, 0.5) is 0 Å². The molecule has 0 aromatic carbocycles. The standard InChI is InChI=1S/C13H25N3O3/c1-2-3-4-5-6-7-12(18)16-10(13(15)19)8-9-11(14)17/h10H,2-9H2,1H3,(H2,14,17)(H2,15,19)(H,16,18)/t10-/m0/s1. The highest BCUT2D eigenvalue weighted by molar-refractivity contribution is 5.87. The van der Waals surface area contributed by atoms with Crippen LogP contribution < -0.4 is 16.8 Å². The van der Waals surface area contributed by atoms with Crippen molar-refractivity contribution < 1.29 is 14.4 Å². The minimum atomic E-state index is -0.810. The van der Waals surface area contributed by atoms with Gasteiger partial charge in [-0.2, -0.15) is 0 Å². The lowest BCUT2D eigenvalue weighted by Crippen LogP contribution is -2.44. The molecule has 0 aliphatic rings. The van der Waals surface area contributed by atoms with Crippen LogP contribution in [0.1, 0.15) is 58.3 Å². The first-order valence-corrected chi connectivity index (χ1v) is 6.84. The highest BCUT2D eigenvalue weighted by Crippen LogP contribution is 2.05. The highest BCUT2D eigenvalue weighted by Gasteiger charge is 2.18. The summed E-state index contributed by atoms with van der Waals surface area (Å²) >= 11 is 0. The van der Waals surface area contributed by atoms with Crippen LogP contribution >= 0.6 is 0 Å². The molecule has 0 heterocycles. The molecular weight excluding hydrogens is 246 g/mol. The summed E-state index contributed by atoms with van der Waals surface area (Å²) in [5, 5.41) is 2.54. The zero-order valence-corrected chi connectivity index (χ0v) is 11.6. The van der Waals surface area contributed by atoms with Crippen LogP contribution in [-0.4, -0.2) is 23.8 Å². The number of rotatable bonds is 11. The van der Waals surface area contributed by atoms with Gasteiger partial charge in [-0.1, -0.05) is 32.6 Å². The maximum absolute atomic E-state index is 11.6. The van der Waals surface area contributed by atoms with Gasteiger partial charge in [0.1, 0.15) is 6.04 Å². The third-order valence-electron chi connectivity index (χ3n) is 2.87. The van der Waals surface area contributed by atoms with E-state index in [0.717, 1.165) is 25.7 Å². The predicted octanol–water partition coefficient (Wildman–Crippen LogP) is 0.583. The van der Waals surface area contributed by atoms with Gasteiger partial charge in [-0.05, 0) is 12.8 Å². The number of hydrogen-bond donors (Lipinski definition) is 3. The van der Waals surface area contributed by atoms with Crippen molar-refractivity contribution in [3.8, 4) is 0 Å². The highest BCUT2D eigenvalue weighted by atomic mass is 16.2. The van der Waals surface area contributed by atoms with Crippen LogP contribution in [0.5, 0.6) is 0 Å². The summed E-state index contributed by atoms with van der Waals surface area (Å²) in [5.74, 6) is -1.36. The first-order valence-electron chi connectivity index (χ1n) is 6.84. The number of amides is 3. The summed E-state index contributed by atoms with van der Waals surface area (Å²) < 4.78 is 0. The molecule has 0 radical (unpaired) electrons. The molecule has 1 atom stereocenters. The van der Waals surface area contributed by atoms with Crippen LogP contribution in [0.25, 0.3) is 0 Å². The van der Waals surface area contributed by atoms with E-state index in [2.05, 4.69) is 12.2 Å². The fraction of sp³-hybridized carbons (Fsp3) is 0.769. The number of unbranched alkanes of at least 4 members (excludes halogenated alkanes) is 4. The third kappa shape index (κ3) is 10.1. The van der Waals surface area contributed by atoms with E-state index in [1.165, 1.54) is 6.42 Å². The Hall–Kier alpha value is -1.59. The number of nitrogens with two attached hydrogens (primary N) is 2. The van der Waals surface area contributed by atoms with Gasteiger partial charge in [-0.3, -0.25) is 14.4 Å². The number of carbonyl (C=O) groups excluding carboxylic acids is 3. The monoisotopic (exact) mass is 271 g/mol. The Kier molecular flexibility index (Phi) is 9.48.